The fraction of sp³-hybridized carbons (Fsp3) is 0.278. The SMILES string of the molecule is COc1ccc(OCCN(C)C(=O)c2ccc(OC)c(Br)c2)cc1. The Morgan fingerprint density at radius 1 is 1.04 bits per heavy atom. The van der Waals surface area contributed by atoms with Gasteiger partial charge in [-0.05, 0) is 58.4 Å². The molecule has 0 heterocycles. The number of benzene rings is 2. The number of halogens is 1. The molecular formula is C18H20BrNO4. The molecule has 0 aliphatic carbocycles. The molecule has 0 fully saturated rings. The van der Waals surface area contributed by atoms with Crippen LogP contribution >= 0.6 is 15.9 Å². The number of amides is 1. The van der Waals surface area contributed by atoms with E-state index in [2.05, 4.69) is 15.9 Å². The van der Waals surface area contributed by atoms with Crippen molar-refractivity contribution in [2.24, 2.45) is 0 Å². The van der Waals surface area contributed by atoms with Gasteiger partial charge in [-0.1, -0.05) is 0 Å². The van der Waals surface area contributed by atoms with Gasteiger partial charge in [-0.15, -0.1) is 0 Å². The summed E-state index contributed by atoms with van der Waals surface area (Å²) in [6.07, 6.45) is 0. The van der Waals surface area contributed by atoms with Gasteiger partial charge in [-0.25, -0.2) is 0 Å². The summed E-state index contributed by atoms with van der Waals surface area (Å²) in [6, 6.07) is 12.6. The summed E-state index contributed by atoms with van der Waals surface area (Å²) in [4.78, 5) is 14.0. The monoisotopic (exact) mass is 393 g/mol. The van der Waals surface area contributed by atoms with E-state index < -0.39 is 0 Å². The molecule has 0 radical (unpaired) electrons. The standard InChI is InChI=1S/C18H20BrNO4/c1-20(10-11-24-15-7-5-14(22-2)6-8-15)18(21)13-4-9-17(23-3)16(19)12-13/h4-9,12H,10-11H2,1-3H3. The van der Waals surface area contributed by atoms with Crippen LogP contribution in [0.1, 0.15) is 10.4 Å². The third-order valence-electron chi connectivity index (χ3n) is 3.50. The van der Waals surface area contributed by atoms with Crippen LogP contribution < -0.4 is 14.2 Å². The van der Waals surface area contributed by atoms with Crippen molar-refractivity contribution >= 4 is 21.8 Å². The Kier molecular flexibility index (Phi) is 6.49. The van der Waals surface area contributed by atoms with Crippen LogP contribution in [0.3, 0.4) is 0 Å². The second kappa shape index (κ2) is 8.59. The Balaban J connectivity index is 1.88. The summed E-state index contributed by atoms with van der Waals surface area (Å²) in [5, 5.41) is 0. The molecule has 0 atom stereocenters. The zero-order valence-corrected chi connectivity index (χ0v) is 15.5. The molecular weight excluding hydrogens is 374 g/mol. The molecule has 0 N–H and O–H groups in total. The van der Waals surface area contributed by atoms with Gasteiger partial charge in [-0.3, -0.25) is 4.79 Å². The van der Waals surface area contributed by atoms with E-state index >= 15 is 0 Å². The number of ether oxygens (including phenoxy) is 3. The summed E-state index contributed by atoms with van der Waals surface area (Å²) in [5.74, 6) is 2.14. The minimum atomic E-state index is -0.0725. The van der Waals surface area contributed by atoms with E-state index in [4.69, 9.17) is 14.2 Å². The van der Waals surface area contributed by atoms with Crippen LogP contribution in [-0.2, 0) is 0 Å². The van der Waals surface area contributed by atoms with E-state index in [1.807, 2.05) is 24.3 Å². The highest BCUT2D eigenvalue weighted by Crippen LogP contribution is 2.26. The number of carbonyl (C=O) groups is 1. The van der Waals surface area contributed by atoms with Gasteiger partial charge in [-0.2, -0.15) is 0 Å². The molecule has 0 saturated heterocycles. The molecule has 5 nitrogen and oxygen atoms in total. The van der Waals surface area contributed by atoms with Gasteiger partial charge in [0.2, 0.25) is 0 Å². The zero-order valence-electron chi connectivity index (χ0n) is 13.9. The number of methoxy groups -OCH3 is 2. The number of hydrogen-bond donors (Lipinski definition) is 0. The summed E-state index contributed by atoms with van der Waals surface area (Å²) in [7, 11) is 4.95. The van der Waals surface area contributed by atoms with Crippen LogP contribution in [0.4, 0.5) is 0 Å². The van der Waals surface area contributed by atoms with Crippen molar-refractivity contribution in [2.45, 2.75) is 0 Å². The highest BCUT2D eigenvalue weighted by molar-refractivity contribution is 9.10. The predicted octanol–water partition coefficient (Wildman–Crippen LogP) is 3.62. The van der Waals surface area contributed by atoms with Crippen molar-refractivity contribution in [3.8, 4) is 17.2 Å². The molecule has 24 heavy (non-hydrogen) atoms. The topological polar surface area (TPSA) is 48.0 Å². The highest BCUT2D eigenvalue weighted by atomic mass is 79.9. The first-order valence-electron chi connectivity index (χ1n) is 7.41. The highest BCUT2D eigenvalue weighted by Gasteiger charge is 2.13. The molecule has 6 heteroatoms. The fourth-order valence-electron chi connectivity index (χ4n) is 2.09. The van der Waals surface area contributed by atoms with Crippen LogP contribution in [0.25, 0.3) is 0 Å². The van der Waals surface area contributed by atoms with Crippen molar-refractivity contribution in [2.75, 3.05) is 34.4 Å². The Morgan fingerprint density at radius 3 is 2.29 bits per heavy atom. The number of hydrogen-bond acceptors (Lipinski definition) is 4. The number of nitrogens with zero attached hydrogens (tertiary/aromatic N) is 1. The largest absolute Gasteiger partial charge is 0.497 e. The average molecular weight is 394 g/mol. The molecule has 0 bridgehead atoms. The van der Waals surface area contributed by atoms with Gasteiger partial charge in [0, 0.05) is 12.6 Å². The van der Waals surface area contributed by atoms with Crippen molar-refractivity contribution in [3.05, 3.63) is 52.5 Å². The molecule has 128 valence electrons. The molecule has 2 rings (SSSR count). The second-order valence-electron chi connectivity index (χ2n) is 5.10. The molecule has 0 aliphatic rings. The summed E-state index contributed by atoms with van der Waals surface area (Å²) in [6.45, 7) is 0.889. The number of likely N-dealkylation sites (N-methyl/N-ethyl adjacent to an activating group) is 1. The molecule has 0 unspecified atom stereocenters. The van der Waals surface area contributed by atoms with Crippen LogP contribution in [-0.4, -0.2) is 45.2 Å². The van der Waals surface area contributed by atoms with Gasteiger partial charge >= 0.3 is 0 Å². The van der Waals surface area contributed by atoms with Crippen molar-refractivity contribution in [1.29, 1.82) is 0 Å². The van der Waals surface area contributed by atoms with Gasteiger partial charge in [0.15, 0.2) is 0 Å². The summed E-state index contributed by atoms with van der Waals surface area (Å²) < 4.78 is 16.7. The summed E-state index contributed by atoms with van der Waals surface area (Å²) in [5.41, 5.74) is 0.592. The molecule has 0 aliphatic heterocycles. The molecule has 2 aromatic rings. The first-order valence-corrected chi connectivity index (χ1v) is 8.20. The lowest BCUT2D eigenvalue weighted by Gasteiger charge is -2.18. The number of carbonyl (C=O) groups excluding carboxylic acids is 1. The van der Waals surface area contributed by atoms with Crippen LogP contribution in [0.2, 0.25) is 0 Å². The predicted molar refractivity (Wildman–Crippen MR) is 96.1 cm³/mol. The van der Waals surface area contributed by atoms with E-state index in [0.29, 0.717) is 24.5 Å². The lowest BCUT2D eigenvalue weighted by molar-refractivity contribution is 0.0773. The minimum absolute atomic E-state index is 0.0725. The molecule has 0 aromatic heterocycles. The van der Waals surface area contributed by atoms with E-state index in [1.54, 1.807) is 44.4 Å². The third-order valence-corrected chi connectivity index (χ3v) is 4.12. The fourth-order valence-corrected chi connectivity index (χ4v) is 2.63. The normalized spacial score (nSPS) is 10.2. The first-order chi connectivity index (χ1) is 11.5. The van der Waals surface area contributed by atoms with E-state index in [1.165, 1.54) is 0 Å². The van der Waals surface area contributed by atoms with Crippen LogP contribution in [0.5, 0.6) is 17.2 Å². The maximum absolute atomic E-state index is 12.4. The van der Waals surface area contributed by atoms with Crippen molar-refractivity contribution in [3.63, 3.8) is 0 Å². The van der Waals surface area contributed by atoms with Crippen molar-refractivity contribution in [1.82, 2.24) is 4.90 Å². The molecule has 0 saturated carbocycles. The zero-order chi connectivity index (χ0) is 17.5. The molecule has 2 aromatic carbocycles. The van der Waals surface area contributed by atoms with Gasteiger partial charge in [0.1, 0.15) is 23.9 Å². The Bertz CT molecular complexity index is 688. The van der Waals surface area contributed by atoms with Gasteiger partial charge in [0.25, 0.3) is 5.91 Å². The van der Waals surface area contributed by atoms with Crippen LogP contribution in [0, 0.1) is 0 Å². The number of rotatable bonds is 7. The Labute approximate surface area is 150 Å². The van der Waals surface area contributed by atoms with Crippen LogP contribution in [0.15, 0.2) is 46.9 Å². The van der Waals surface area contributed by atoms with Crippen molar-refractivity contribution < 1.29 is 19.0 Å². The smallest absolute Gasteiger partial charge is 0.253 e. The first kappa shape index (κ1) is 18.1. The quantitative estimate of drug-likeness (QED) is 0.720. The summed E-state index contributed by atoms with van der Waals surface area (Å²) >= 11 is 3.39. The Hall–Kier alpha value is -2.21. The lowest BCUT2D eigenvalue weighted by atomic mass is 10.2. The van der Waals surface area contributed by atoms with E-state index in [-0.39, 0.29) is 5.91 Å². The van der Waals surface area contributed by atoms with Gasteiger partial charge < -0.3 is 19.1 Å². The molecule has 1 amide bonds. The third kappa shape index (κ3) is 4.64. The maximum Gasteiger partial charge on any atom is 0.253 e. The molecule has 0 spiro atoms. The average Bonchev–Trinajstić information content (AvgIpc) is 2.61. The van der Waals surface area contributed by atoms with Gasteiger partial charge in [0.05, 0.1) is 25.2 Å². The minimum Gasteiger partial charge on any atom is -0.497 e. The second-order valence-corrected chi connectivity index (χ2v) is 5.95. The van der Waals surface area contributed by atoms with E-state index in [0.717, 1.165) is 16.0 Å². The van der Waals surface area contributed by atoms with E-state index in [9.17, 15) is 4.79 Å². The Morgan fingerprint density at radius 2 is 1.71 bits per heavy atom. The lowest BCUT2D eigenvalue weighted by Crippen LogP contribution is -2.30. The maximum atomic E-state index is 12.4.